The van der Waals surface area contributed by atoms with Crippen LogP contribution in [0.1, 0.15) is 56.3 Å². The van der Waals surface area contributed by atoms with Crippen molar-refractivity contribution in [3.8, 4) is 0 Å². The minimum absolute atomic E-state index is 0.0191. The average molecular weight is 385 g/mol. The van der Waals surface area contributed by atoms with Crippen LogP contribution in [0, 0.1) is 17.8 Å². The fourth-order valence-corrected chi connectivity index (χ4v) is 5.84. The van der Waals surface area contributed by atoms with E-state index in [1.807, 2.05) is 30.3 Å². The fraction of sp³-hybridized carbons (Fsp3) is 0.708. The van der Waals surface area contributed by atoms with Gasteiger partial charge in [-0.25, -0.2) is 4.79 Å². The molecule has 0 bridgehead atoms. The van der Waals surface area contributed by atoms with Crippen molar-refractivity contribution in [3.05, 3.63) is 35.9 Å². The van der Waals surface area contributed by atoms with Gasteiger partial charge in [0.1, 0.15) is 6.10 Å². The van der Waals surface area contributed by atoms with Gasteiger partial charge in [-0.1, -0.05) is 25.1 Å². The number of rotatable bonds is 3. The van der Waals surface area contributed by atoms with Gasteiger partial charge in [-0.05, 0) is 76.0 Å². The maximum atomic E-state index is 12.5. The molecular weight excluding hydrogens is 348 g/mol. The van der Waals surface area contributed by atoms with Gasteiger partial charge in [0.15, 0.2) is 0 Å². The zero-order valence-corrected chi connectivity index (χ0v) is 17.7. The van der Waals surface area contributed by atoms with Gasteiger partial charge >= 0.3 is 5.97 Å². The summed E-state index contributed by atoms with van der Waals surface area (Å²) in [6.45, 7) is 8.00. The quantitative estimate of drug-likeness (QED) is 0.736. The molecule has 0 radical (unpaired) electrons. The lowest BCUT2D eigenvalue weighted by atomic mass is 9.71. The van der Waals surface area contributed by atoms with E-state index >= 15 is 0 Å². The first-order valence-corrected chi connectivity index (χ1v) is 11.2. The summed E-state index contributed by atoms with van der Waals surface area (Å²) in [6.07, 6.45) is 6.32. The van der Waals surface area contributed by atoms with Crippen LogP contribution < -0.4 is 0 Å². The van der Waals surface area contributed by atoms with Gasteiger partial charge in [0.2, 0.25) is 0 Å². The lowest BCUT2D eigenvalue weighted by Gasteiger charge is -2.49. The molecule has 6 atom stereocenters. The first-order chi connectivity index (χ1) is 13.5. The predicted molar refractivity (Wildman–Crippen MR) is 112 cm³/mol. The first kappa shape index (κ1) is 19.9. The minimum atomic E-state index is -0.174. The number of nitrogens with zero attached hydrogens (tertiary/aromatic N) is 2. The van der Waals surface area contributed by atoms with Crippen LogP contribution in [-0.4, -0.2) is 60.6 Å². The molecule has 6 unspecified atom stereocenters. The van der Waals surface area contributed by atoms with Crippen LogP contribution >= 0.6 is 0 Å². The molecular formula is C24H36N2O2. The highest BCUT2D eigenvalue weighted by Gasteiger charge is 2.40. The van der Waals surface area contributed by atoms with Crippen LogP contribution in [0.3, 0.4) is 0 Å². The van der Waals surface area contributed by atoms with Crippen LogP contribution in [0.15, 0.2) is 30.3 Å². The van der Waals surface area contributed by atoms with Gasteiger partial charge in [0.25, 0.3) is 0 Å². The number of hydrogen-bond donors (Lipinski definition) is 0. The number of carbonyl (C=O) groups is 1. The standard InChI is InChI=1S/C24H36N2O2/c1-17-11-23(28-24(27)19-7-5-4-6-8-19)16-26(14-17)22-10-9-20-15-25(3)18(2)12-21(20)13-22/h4-8,17-18,20-23H,9-16H2,1-3H3. The van der Waals surface area contributed by atoms with E-state index in [-0.39, 0.29) is 12.1 Å². The smallest absolute Gasteiger partial charge is 0.338 e. The van der Waals surface area contributed by atoms with Crippen molar-refractivity contribution in [2.45, 2.75) is 64.1 Å². The van der Waals surface area contributed by atoms with Crippen molar-refractivity contribution in [2.24, 2.45) is 17.8 Å². The van der Waals surface area contributed by atoms with Crippen molar-refractivity contribution in [2.75, 3.05) is 26.7 Å². The molecule has 1 aromatic rings. The topological polar surface area (TPSA) is 32.8 Å². The number of piperidine rings is 2. The Labute approximate surface area is 170 Å². The van der Waals surface area contributed by atoms with Crippen LogP contribution in [-0.2, 0) is 4.74 Å². The molecule has 2 aliphatic heterocycles. The molecule has 4 heteroatoms. The van der Waals surface area contributed by atoms with Crippen LogP contribution in [0.2, 0.25) is 0 Å². The Morgan fingerprint density at radius 1 is 0.964 bits per heavy atom. The van der Waals surface area contributed by atoms with Crippen molar-refractivity contribution in [1.82, 2.24) is 9.80 Å². The zero-order chi connectivity index (χ0) is 19.7. The molecule has 3 fully saturated rings. The zero-order valence-electron chi connectivity index (χ0n) is 17.7. The Balaban J connectivity index is 1.36. The van der Waals surface area contributed by atoms with Crippen molar-refractivity contribution < 1.29 is 9.53 Å². The Morgan fingerprint density at radius 3 is 2.54 bits per heavy atom. The van der Waals surface area contributed by atoms with Gasteiger partial charge in [-0.3, -0.25) is 4.90 Å². The van der Waals surface area contributed by atoms with E-state index < -0.39 is 0 Å². The molecule has 1 saturated carbocycles. The third-order valence-corrected chi connectivity index (χ3v) is 7.48. The van der Waals surface area contributed by atoms with Gasteiger partial charge in [-0.15, -0.1) is 0 Å². The second-order valence-corrected chi connectivity index (χ2v) is 9.70. The molecule has 0 spiro atoms. The highest BCUT2D eigenvalue weighted by atomic mass is 16.5. The van der Waals surface area contributed by atoms with E-state index in [4.69, 9.17) is 4.74 Å². The summed E-state index contributed by atoms with van der Waals surface area (Å²) in [4.78, 5) is 17.7. The molecule has 2 saturated heterocycles. The average Bonchev–Trinajstić information content (AvgIpc) is 2.69. The molecule has 0 aromatic heterocycles. The predicted octanol–water partition coefficient (Wildman–Crippen LogP) is 4.06. The minimum Gasteiger partial charge on any atom is -0.457 e. The molecule has 0 amide bonds. The second-order valence-electron chi connectivity index (χ2n) is 9.70. The normalized spacial score (nSPS) is 37.2. The highest BCUT2D eigenvalue weighted by molar-refractivity contribution is 5.89. The highest BCUT2D eigenvalue weighted by Crippen LogP contribution is 2.40. The van der Waals surface area contributed by atoms with Gasteiger partial charge < -0.3 is 9.64 Å². The Hall–Kier alpha value is -1.39. The maximum Gasteiger partial charge on any atom is 0.338 e. The number of esters is 1. The van der Waals surface area contributed by atoms with E-state index in [9.17, 15) is 4.79 Å². The summed E-state index contributed by atoms with van der Waals surface area (Å²) in [5, 5.41) is 0. The number of fused-ring (bicyclic) bond motifs is 1. The fourth-order valence-electron chi connectivity index (χ4n) is 5.84. The van der Waals surface area contributed by atoms with E-state index in [0.29, 0.717) is 23.6 Å². The third-order valence-electron chi connectivity index (χ3n) is 7.48. The Bertz CT molecular complexity index is 664. The molecule has 1 aliphatic carbocycles. The molecule has 0 N–H and O–H groups in total. The number of benzene rings is 1. The van der Waals surface area contributed by atoms with E-state index in [1.54, 1.807) is 0 Å². The second kappa shape index (κ2) is 8.54. The van der Waals surface area contributed by atoms with Gasteiger partial charge in [-0.2, -0.15) is 0 Å². The Kier molecular flexibility index (Phi) is 6.07. The molecule has 1 aromatic carbocycles. The van der Waals surface area contributed by atoms with Gasteiger partial charge in [0.05, 0.1) is 5.56 Å². The van der Waals surface area contributed by atoms with Crippen LogP contribution in [0.5, 0.6) is 0 Å². The summed E-state index contributed by atoms with van der Waals surface area (Å²) in [5.41, 5.74) is 0.660. The molecule has 4 nitrogen and oxygen atoms in total. The van der Waals surface area contributed by atoms with Crippen molar-refractivity contribution in [3.63, 3.8) is 0 Å². The third kappa shape index (κ3) is 4.44. The summed E-state index contributed by atoms with van der Waals surface area (Å²) in [6, 6.07) is 10.8. The summed E-state index contributed by atoms with van der Waals surface area (Å²) in [5.74, 6) is 2.16. The van der Waals surface area contributed by atoms with Crippen LogP contribution in [0.25, 0.3) is 0 Å². The van der Waals surface area contributed by atoms with E-state index in [1.165, 1.54) is 32.2 Å². The van der Waals surface area contributed by atoms with Gasteiger partial charge in [0, 0.05) is 31.7 Å². The first-order valence-electron chi connectivity index (χ1n) is 11.2. The summed E-state index contributed by atoms with van der Waals surface area (Å²) in [7, 11) is 2.28. The largest absolute Gasteiger partial charge is 0.457 e. The monoisotopic (exact) mass is 384 g/mol. The number of carbonyl (C=O) groups excluding carboxylic acids is 1. The van der Waals surface area contributed by atoms with Crippen molar-refractivity contribution in [1.29, 1.82) is 0 Å². The lowest BCUT2D eigenvalue weighted by Crippen LogP contribution is -2.53. The lowest BCUT2D eigenvalue weighted by molar-refractivity contribution is -0.0333. The molecule has 3 aliphatic rings. The summed E-state index contributed by atoms with van der Waals surface area (Å²) < 4.78 is 5.92. The Morgan fingerprint density at radius 2 is 1.75 bits per heavy atom. The SMILES string of the molecule is CC1CC(OC(=O)c2ccccc2)CN(C2CCC3CN(C)C(C)CC3C2)C1. The molecule has 2 heterocycles. The molecule has 4 rings (SSSR count). The molecule has 154 valence electrons. The summed E-state index contributed by atoms with van der Waals surface area (Å²) >= 11 is 0. The maximum absolute atomic E-state index is 12.5. The number of hydrogen-bond acceptors (Lipinski definition) is 4. The van der Waals surface area contributed by atoms with Crippen LogP contribution in [0.4, 0.5) is 0 Å². The van der Waals surface area contributed by atoms with E-state index in [0.717, 1.165) is 31.3 Å². The molecule has 28 heavy (non-hydrogen) atoms. The van der Waals surface area contributed by atoms with E-state index in [2.05, 4.69) is 30.7 Å². The van der Waals surface area contributed by atoms with Crippen molar-refractivity contribution >= 4 is 5.97 Å². The number of likely N-dealkylation sites (tertiary alicyclic amines) is 2. The number of ether oxygens (including phenoxy) is 1.